The maximum atomic E-state index is 12.8. The maximum Gasteiger partial charge on any atom is 0.291 e. The smallest absolute Gasteiger partial charge is 0.291 e. The van der Waals surface area contributed by atoms with Crippen molar-refractivity contribution in [1.29, 1.82) is 0 Å². The molecular weight excluding hydrogens is 426 g/mol. The van der Waals surface area contributed by atoms with Crippen molar-refractivity contribution in [3.63, 3.8) is 0 Å². The topological polar surface area (TPSA) is 48.7 Å². The summed E-state index contributed by atoms with van der Waals surface area (Å²) in [5.74, 6) is 0.123. The Labute approximate surface area is 192 Å². The number of piperazine rings is 1. The van der Waals surface area contributed by atoms with E-state index >= 15 is 0 Å². The fourth-order valence-electron chi connectivity index (χ4n) is 4.07. The molecule has 3 aromatic rings. The summed E-state index contributed by atoms with van der Waals surface area (Å²) in [7, 11) is 2.18. The number of nitrogens with zero attached hydrogens (tertiary/aromatic N) is 2. The summed E-state index contributed by atoms with van der Waals surface area (Å²) >= 11 is 3.40. The van der Waals surface area contributed by atoms with E-state index in [-0.39, 0.29) is 11.9 Å². The molecule has 1 fully saturated rings. The molecule has 2 aromatic heterocycles. The van der Waals surface area contributed by atoms with Crippen molar-refractivity contribution in [2.24, 2.45) is 0 Å². The van der Waals surface area contributed by atoms with Gasteiger partial charge in [0, 0.05) is 41.5 Å². The average molecular weight is 456 g/mol. The van der Waals surface area contributed by atoms with E-state index in [0.717, 1.165) is 31.2 Å². The summed E-state index contributed by atoms with van der Waals surface area (Å²) in [5.41, 5.74) is 3.71. The predicted molar refractivity (Wildman–Crippen MR) is 130 cm³/mol. The number of nitrogens with one attached hydrogen (secondary N) is 1. The Morgan fingerprint density at radius 2 is 1.84 bits per heavy atom. The van der Waals surface area contributed by atoms with Gasteiger partial charge in [0.1, 0.15) is 5.00 Å². The van der Waals surface area contributed by atoms with Crippen LogP contribution < -0.4 is 5.32 Å². The Kier molecular flexibility index (Phi) is 6.86. The predicted octanol–water partition coefficient (Wildman–Crippen LogP) is 5.27. The Bertz CT molecular complexity index is 1020. The summed E-state index contributed by atoms with van der Waals surface area (Å²) in [4.78, 5) is 20.2. The molecule has 1 aliphatic heterocycles. The van der Waals surface area contributed by atoms with Gasteiger partial charge in [-0.15, -0.1) is 23.1 Å². The fraction of sp³-hybridized carbons (Fsp3) is 0.375. The highest BCUT2D eigenvalue weighted by molar-refractivity contribution is 7.98. The van der Waals surface area contributed by atoms with Crippen molar-refractivity contribution in [1.82, 2.24) is 9.80 Å². The molecule has 0 saturated carbocycles. The number of benzene rings is 1. The van der Waals surface area contributed by atoms with Gasteiger partial charge >= 0.3 is 0 Å². The van der Waals surface area contributed by atoms with Crippen LogP contribution in [0.2, 0.25) is 0 Å². The van der Waals surface area contributed by atoms with Gasteiger partial charge in [-0.05, 0) is 62.5 Å². The molecule has 0 spiro atoms. The lowest BCUT2D eigenvalue weighted by molar-refractivity contribution is 0.0996. The number of thioether (sulfide) groups is 1. The molecule has 5 nitrogen and oxygen atoms in total. The Balaban J connectivity index is 1.75. The van der Waals surface area contributed by atoms with Crippen LogP contribution in [0, 0.1) is 13.8 Å². The first kappa shape index (κ1) is 22.1. The van der Waals surface area contributed by atoms with Crippen LogP contribution in [0.15, 0.2) is 52.0 Å². The number of likely N-dealkylation sites (N-methyl/N-ethyl adjacent to an activating group) is 1. The SMILES string of the molecule is CSc1ccc([C@H](c2c(NC(=O)c3ccco3)sc(C)c2C)N2CCN(C)CC2)cc1. The van der Waals surface area contributed by atoms with E-state index in [1.54, 1.807) is 35.2 Å². The van der Waals surface area contributed by atoms with E-state index in [1.807, 2.05) is 0 Å². The molecule has 164 valence electrons. The summed E-state index contributed by atoms with van der Waals surface area (Å²) in [5, 5.41) is 4.05. The van der Waals surface area contributed by atoms with Gasteiger partial charge in [0.15, 0.2) is 5.76 Å². The zero-order valence-corrected chi connectivity index (χ0v) is 20.1. The first-order valence-corrected chi connectivity index (χ1v) is 12.5. The highest BCUT2D eigenvalue weighted by Gasteiger charge is 2.31. The van der Waals surface area contributed by atoms with Gasteiger partial charge < -0.3 is 14.6 Å². The summed E-state index contributed by atoms with van der Waals surface area (Å²) in [6.07, 6.45) is 3.63. The van der Waals surface area contributed by atoms with Crippen LogP contribution in [0.5, 0.6) is 0 Å². The maximum absolute atomic E-state index is 12.8. The zero-order valence-electron chi connectivity index (χ0n) is 18.5. The number of hydrogen-bond donors (Lipinski definition) is 1. The largest absolute Gasteiger partial charge is 0.459 e. The van der Waals surface area contributed by atoms with Gasteiger partial charge in [-0.1, -0.05) is 12.1 Å². The Morgan fingerprint density at radius 3 is 2.45 bits per heavy atom. The number of carbonyl (C=O) groups excluding carboxylic acids is 1. The van der Waals surface area contributed by atoms with Crippen LogP contribution in [-0.2, 0) is 0 Å². The lowest BCUT2D eigenvalue weighted by atomic mass is 9.94. The van der Waals surface area contributed by atoms with Gasteiger partial charge in [0.2, 0.25) is 0 Å². The molecule has 1 aliphatic rings. The van der Waals surface area contributed by atoms with E-state index < -0.39 is 0 Å². The van der Waals surface area contributed by atoms with Crippen LogP contribution in [0.25, 0.3) is 0 Å². The molecule has 7 heteroatoms. The van der Waals surface area contributed by atoms with Crippen LogP contribution in [-0.4, -0.2) is 55.2 Å². The lowest BCUT2D eigenvalue weighted by Gasteiger charge is -2.39. The van der Waals surface area contributed by atoms with E-state index in [2.05, 4.69) is 66.5 Å². The van der Waals surface area contributed by atoms with E-state index in [1.165, 1.54) is 32.7 Å². The van der Waals surface area contributed by atoms with E-state index in [4.69, 9.17) is 4.42 Å². The number of amides is 1. The van der Waals surface area contributed by atoms with Gasteiger partial charge in [-0.25, -0.2) is 0 Å². The van der Waals surface area contributed by atoms with Crippen LogP contribution in [0.4, 0.5) is 5.00 Å². The molecule has 0 aliphatic carbocycles. The first-order valence-electron chi connectivity index (χ1n) is 10.5. The van der Waals surface area contributed by atoms with Crippen molar-refractivity contribution < 1.29 is 9.21 Å². The van der Waals surface area contributed by atoms with Crippen molar-refractivity contribution in [3.05, 3.63) is 70.0 Å². The summed E-state index contributed by atoms with van der Waals surface area (Å²) in [6, 6.07) is 12.4. The van der Waals surface area contributed by atoms with Crippen molar-refractivity contribution in [2.45, 2.75) is 24.8 Å². The first-order chi connectivity index (χ1) is 15.0. The molecule has 0 radical (unpaired) electrons. The second kappa shape index (κ2) is 9.61. The quantitative estimate of drug-likeness (QED) is 0.513. The highest BCUT2D eigenvalue weighted by atomic mass is 32.2. The van der Waals surface area contributed by atoms with Crippen LogP contribution in [0.1, 0.15) is 38.2 Å². The molecule has 4 rings (SSSR count). The molecule has 1 amide bonds. The van der Waals surface area contributed by atoms with E-state index in [9.17, 15) is 4.79 Å². The molecule has 1 aromatic carbocycles. The zero-order chi connectivity index (χ0) is 22.0. The summed E-state index contributed by atoms with van der Waals surface area (Å²) < 4.78 is 5.32. The van der Waals surface area contributed by atoms with Gasteiger partial charge in [0.25, 0.3) is 5.91 Å². The Hall–Kier alpha value is -2.06. The van der Waals surface area contributed by atoms with Crippen LogP contribution in [0.3, 0.4) is 0 Å². The minimum atomic E-state index is -0.206. The minimum Gasteiger partial charge on any atom is -0.459 e. The number of anilines is 1. The van der Waals surface area contributed by atoms with Gasteiger partial charge in [-0.2, -0.15) is 0 Å². The minimum absolute atomic E-state index is 0.0986. The molecule has 1 saturated heterocycles. The van der Waals surface area contributed by atoms with Crippen molar-refractivity contribution in [2.75, 3.05) is 44.8 Å². The molecule has 3 heterocycles. The molecule has 0 bridgehead atoms. The fourth-order valence-corrected chi connectivity index (χ4v) is 5.56. The molecule has 31 heavy (non-hydrogen) atoms. The number of furan rings is 1. The lowest BCUT2D eigenvalue weighted by Crippen LogP contribution is -2.46. The van der Waals surface area contributed by atoms with Crippen LogP contribution >= 0.6 is 23.1 Å². The second-order valence-corrected chi connectivity index (χ2v) is 10.1. The Morgan fingerprint density at radius 1 is 1.13 bits per heavy atom. The third-order valence-corrected chi connectivity index (χ3v) is 7.89. The molecule has 1 atom stereocenters. The highest BCUT2D eigenvalue weighted by Crippen LogP contribution is 2.42. The van der Waals surface area contributed by atoms with Crippen molar-refractivity contribution >= 4 is 34.0 Å². The van der Waals surface area contributed by atoms with Gasteiger partial charge in [0.05, 0.1) is 12.3 Å². The average Bonchev–Trinajstić information content (AvgIpc) is 3.40. The third kappa shape index (κ3) is 4.75. The monoisotopic (exact) mass is 455 g/mol. The number of carbonyl (C=O) groups is 1. The molecule has 1 N–H and O–H groups in total. The number of aryl methyl sites for hydroxylation is 1. The number of hydrogen-bond acceptors (Lipinski definition) is 6. The number of rotatable bonds is 6. The summed E-state index contributed by atoms with van der Waals surface area (Å²) in [6.45, 7) is 8.36. The van der Waals surface area contributed by atoms with Crippen molar-refractivity contribution in [3.8, 4) is 0 Å². The normalized spacial score (nSPS) is 16.4. The number of thiophene rings is 1. The molecule has 0 unspecified atom stereocenters. The van der Waals surface area contributed by atoms with Gasteiger partial charge in [-0.3, -0.25) is 9.69 Å². The third-order valence-electron chi connectivity index (χ3n) is 6.01. The van der Waals surface area contributed by atoms with E-state index in [0.29, 0.717) is 5.76 Å². The molecular formula is C24H29N3O2S2. The standard InChI is InChI=1S/C24H29N3O2S2/c1-16-17(2)31-24(25-23(28)20-6-5-15-29-20)21(16)22(27-13-11-26(3)12-14-27)18-7-9-19(30-4)10-8-18/h5-10,15,22H,11-14H2,1-4H3,(H,25,28)/t22-/m1/s1. The second-order valence-electron chi connectivity index (χ2n) is 7.97.